The third-order valence-electron chi connectivity index (χ3n) is 13.1. The average molecular weight is 719 g/mol. The summed E-state index contributed by atoms with van der Waals surface area (Å²) in [6.45, 7) is 4.76. The van der Waals surface area contributed by atoms with Gasteiger partial charge in [0, 0.05) is 38.4 Å². The summed E-state index contributed by atoms with van der Waals surface area (Å²) in [5.41, 5.74) is 16.1. The van der Waals surface area contributed by atoms with E-state index in [4.69, 9.17) is 8.83 Å². The number of para-hydroxylation sites is 3. The predicted molar refractivity (Wildman–Crippen MR) is 226 cm³/mol. The van der Waals surface area contributed by atoms with Crippen LogP contribution in [0, 0.1) is 0 Å². The molecule has 0 fully saturated rings. The van der Waals surface area contributed by atoms with Gasteiger partial charge in [0.15, 0.2) is 11.5 Å². The zero-order chi connectivity index (χ0) is 36.9. The summed E-state index contributed by atoms with van der Waals surface area (Å²) in [4.78, 5) is 2.56. The second kappa shape index (κ2) is 10.4. The monoisotopic (exact) mass is 718 g/mol. The quantitative estimate of drug-likeness (QED) is 0.178. The van der Waals surface area contributed by atoms with Crippen LogP contribution >= 0.6 is 0 Å². The Morgan fingerprint density at radius 2 is 1.07 bits per heavy atom. The van der Waals surface area contributed by atoms with Crippen molar-refractivity contribution in [3.05, 3.63) is 204 Å². The van der Waals surface area contributed by atoms with Crippen LogP contribution in [0.3, 0.4) is 0 Å². The van der Waals surface area contributed by atoms with Gasteiger partial charge in [0.1, 0.15) is 0 Å². The lowest BCUT2D eigenvalue weighted by molar-refractivity contribution is 0.525. The van der Waals surface area contributed by atoms with Gasteiger partial charge < -0.3 is 18.3 Å². The van der Waals surface area contributed by atoms with Gasteiger partial charge in [0.25, 0.3) is 0 Å². The number of fused-ring (bicyclic) bond motifs is 17. The summed E-state index contributed by atoms with van der Waals surface area (Å²) in [7, 11) is 0. The molecule has 3 aromatic heterocycles. The Hall–Kier alpha value is -7.04. The Bertz CT molecular complexity index is 3260. The molecule has 4 nitrogen and oxygen atoms in total. The van der Waals surface area contributed by atoms with E-state index in [0.717, 1.165) is 45.2 Å². The number of benzene rings is 7. The molecule has 0 atom stereocenters. The molecular formula is C52H34N2O2. The molecule has 10 aromatic rings. The highest BCUT2D eigenvalue weighted by atomic mass is 16.4. The molecule has 1 aliphatic heterocycles. The third-order valence-corrected chi connectivity index (χ3v) is 13.1. The van der Waals surface area contributed by atoms with Crippen LogP contribution in [0.25, 0.3) is 60.9 Å². The molecule has 3 aliphatic rings. The lowest BCUT2D eigenvalue weighted by Gasteiger charge is -2.44. The van der Waals surface area contributed by atoms with Crippen molar-refractivity contribution in [2.24, 2.45) is 0 Å². The van der Waals surface area contributed by atoms with Gasteiger partial charge in [-0.05, 0) is 93.4 Å². The summed E-state index contributed by atoms with van der Waals surface area (Å²) >= 11 is 0. The average Bonchev–Trinajstić information content (AvgIpc) is 4.06. The van der Waals surface area contributed by atoms with E-state index in [1.807, 2.05) is 12.5 Å². The van der Waals surface area contributed by atoms with Crippen molar-refractivity contribution in [2.75, 3.05) is 4.90 Å². The summed E-state index contributed by atoms with van der Waals surface area (Å²) in [6, 6.07) is 58.3. The fourth-order valence-electron chi connectivity index (χ4n) is 10.9. The summed E-state index contributed by atoms with van der Waals surface area (Å²) in [5, 5.41) is 4.92. The minimum absolute atomic E-state index is 0.184. The van der Waals surface area contributed by atoms with Crippen LogP contribution in [0.2, 0.25) is 0 Å². The first-order valence-corrected chi connectivity index (χ1v) is 19.4. The van der Waals surface area contributed by atoms with Gasteiger partial charge in [-0.1, -0.05) is 117 Å². The fourth-order valence-corrected chi connectivity index (χ4v) is 10.9. The number of hydrogen-bond donors (Lipinski definition) is 0. The summed E-state index contributed by atoms with van der Waals surface area (Å²) in [6.07, 6.45) is 3.64. The molecule has 1 spiro atoms. The van der Waals surface area contributed by atoms with E-state index in [1.54, 1.807) is 0 Å². The number of aromatic nitrogens is 1. The largest absolute Gasteiger partial charge is 0.461 e. The van der Waals surface area contributed by atoms with Crippen molar-refractivity contribution >= 4 is 49.6 Å². The molecule has 264 valence electrons. The van der Waals surface area contributed by atoms with Crippen LogP contribution in [0.5, 0.6) is 0 Å². The van der Waals surface area contributed by atoms with E-state index in [2.05, 4.69) is 181 Å². The molecule has 0 amide bonds. The van der Waals surface area contributed by atoms with E-state index in [0.29, 0.717) is 0 Å². The number of rotatable bonds is 2. The maximum atomic E-state index is 6.30. The van der Waals surface area contributed by atoms with Crippen molar-refractivity contribution < 1.29 is 8.83 Å². The van der Waals surface area contributed by atoms with E-state index in [9.17, 15) is 0 Å². The smallest absolute Gasteiger partial charge is 0.174 e. The van der Waals surface area contributed by atoms with Crippen molar-refractivity contribution in [1.29, 1.82) is 0 Å². The summed E-state index contributed by atoms with van der Waals surface area (Å²) < 4.78 is 15.0. The van der Waals surface area contributed by atoms with Gasteiger partial charge in [0.2, 0.25) is 0 Å². The number of nitrogens with zero attached hydrogens (tertiary/aromatic N) is 2. The molecule has 0 saturated carbocycles. The van der Waals surface area contributed by atoms with E-state index in [1.165, 1.54) is 66.1 Å². The molecule has 4 heteroatoms. The first-order chi connectivity index (χ1) is 27.6. The van der Waals surface area contributed by atoms with Gasteiger partial charge in [-0.3, -0.25) is 0 Å². The fraction of sp³-hybridized carbons (Fsp3) is 0.0769. The maximum Gasteiger partial charge on any atom is 0.174 e. The molecule has 7 aromatic carbocycles. The zero-order valence-electron chi connectivity index (χ0n) is 30.9. The van der Waals surface area contributed by atoms with Crippen LogP contribution in [0.15, 0.2) is 179 Å². The Labute approximate surface area is 323 Å². The third kappa shape index (κ3) is 3.47. The number of furan rings is 2. The summed E-state index contributed by atoms with van der Waals surface area (Å²) in [5.74, 6) is 1.60. The highest BCUT2D eigenvalue weighted by molar-refractivity contribution is 6.14. The molecule has 0 N–H and O–H groups in total. The van der Waals surface area contributed by atoms with Gasteiger partial charge >= 0.3 is 0 Å². The molecule has 0 bridgehead atoms. The molecule has 0 saturated heterocycles. The lowest BCUT2D eigenvalue weighted by atomic mass is 9.65. The van der Waals surface area contributed by atoms with Crippen molar-refractivity contribution in [1.82, 2.24) is 4.57 Å². The zero-order valence-corrected chi connectivity index (χ0v) is 30.9. The number of anilines is 3. The maximum absolute atomic E-state index is 6.30. The molecule has 2 aliphatic carbocycles. The molecule has 4 heterocycles. The second-order valence-corrected chi connectivity index (χ2v) is 16.0. The number of hydrogen-bond acceptors (Lipinski definition) is 3. The molecular weight excluding hydrogens is 685 g/mol. The Balaban J connectivity index is 1.22. The molecule has 56 heavy (non-hydrogen) atoms. The van der Waals surface area contributed by atoms with E-state index in [-0.39, 0.29) is 5.41 Å². The van der Waals surface area contributed by atoms with Gasteiger partial charge in [-0.2, -0.15) is 0 Å². The van der Waals surface area contributed by atoms with Crippen LogP contribution in [-0.4, -0.2) is 4.57 Å². The van der Waals surface area contributed by atoms with E-state index >= 15 is 0 Å². The van der Waals surface area contributed by atoms with Crippen molar-refractivity contribution in [2.45, 2.75) is 24.7 Å². The van der Waals surface area contributed by atoms with Crippen LogP contribution in [0.1, 0.15) is 47.2 Å². The van der Waals surface area contributed by atoms with Crippen LogP contribution in [0.4, 0.5) is 17.1 Å². The Kier molecular flexibility index (Phi) is 5.62. The lowest BCUT2D eigenvalue weighted by Crippen LogP contribution is -2.36. The highest BCUT2D eigenvalue weighted by Gasteiger charge is 2.55. The minimum Gasteiger partial charge on any atom is -0.461 e. The topological polar surface area (TPSA) is 34.5 Å². The molecule has 0 unspecified atom stereocenters. The normalized spacial score (nSPS) is 15.2. The van der Waals surface area contributed by atoms with Crippen LogP contribution < -0.4 is 4.90 Å². The Morgan fingerprint density at radius 1 is 0.429 bits per heavy atom. The van der Waals surface area contributed by atoms with Crippen molar-refractivity contribution in [3.63, 3.8) is 0 Å². The first-order valence-electron chi connectivity index (χ1n) is 19.4. The predicted octanol–water partition coefficient (Wildman–Crippen LogP) is 13.6. The van der Waals surface area contributed by atoms with Gasteiger partial charge in [-0.15, -0.1) is 0 Å². The highest BCUT2D eigenvalue weighted by Crippen LogP contribution is 2.65. The van der Waals surface area contributed by atoms with Gasteiger partial charge in [0.05, 0.1) is 46.0 Å². The minimum atomic E-state index is -0.667. The van der Waals surface area contributed by atoms with Gasteiger partial charge in [-0.25, -0.2) is 0 Å². The standard InChI is InChI=1S/C52H34N2O2/c1-51(2)37-20-10-8-19-35(37)48-34-18-7-6-16-32(34)45(29-42(48)51)54-44-23-13-11-21-38(44)52(39-24-26-55-49(39)50-40(52)25-27-56-50)41-28-36-33-17-9-12-22-43(33)53(46(36)30-47(41)54)31-14-4-3-5-15-31/h3-30H,1-2H3. The molecule has 13 rings (SSSR count). The SMILES string of the molecule is CC1(C)c2ccccc2-c2c1cc(N1c3ccccc3C3(c4cc5c6ccccc6n(-c6ccccc6)c5cc41)c1ccoc1-c1occc13)c1ccccc21. The molecule has 0 radical (unpaired) electrons. The van der Waals surface area contributed by atoms with E-state index < -0.39 is 5.41 Å². The van der Waals surface area contributed by atoms with Crippen molar-refractivity contribution in [3.8, 4) is 28.3 Å². The Morgan fingerprint density at radius 3 is 1.86 bits per heavy atom. The van der Waals surface area contributed by atoms with Crippen LogP contribution in [-0.2, 0) is 10.8 Å². The second-order valence-electron chi connectivity index (χ2n) is 16.0. The first kappa shape index (κ1) is 30.3.